The molecule has 0 radical (unpaired) electrons. The van der Waals surface area contributed by atoms with E-state index in [9.17, 15) is 8.42 Å². The minimum Gasteiger partial charge on any atom is -0.219 e. The van der Waals surface area contributed by atoms with Gasteiger partial charge in [0.25, 0.3) is 0 Å². The summed E-state index contributed by atoms with van der Waals surface area (Å²) in [4.78, 5) is 3.01. The zero-order chi connectivity index (χ0) is 16.1. The quantitative estimate of drug-likeness (QED) is 0.204. The van der Waals surface area contributed by atoms with Crippen LogP contribution < -0.4 is 0 Å². The second kappa shape index (κ2) is 10.7. The normalized spacial score (nSPS) is 11.8. The Hall–Kier alpha value is -2.04. The first-order valence-electron chi connectivity index (χ1n) is 7.29. The first-order chi connectivity index (χ1) is 10.7. The Morgan fingerprint density at radius 2 is 1.64 bits per heavy atom. The van der Waals surface area contributed by atoms with Gasteiger partial charge in [-0.15, -0.1) is 0 Å². The predicted octanol–water partition coefficient (Wildman–Crippen LogP) is 4.79. The SMILES string of the molecule is [N-]=[N+]=NCCC/C=C\CCC/C=C/S(=O)(=O)c1ccccc1. The van der Waals surface area contributed by atoms with Crippen molar-refractivity contribution in [2.75, 3.05) is 6.54 Å². The van der Waals surface area contributed by atoms with Gasteiger partial charge in [-0.05, 0) is 49.8 Å². The maximum atomic E-state index is 12.0. The summed E-state index contributed by atoms with van der Waals surface area (Å²) in [6.45, 7) is 0.529. The minimum atomic E-state index is -3.31. The van der Waals surface area contributed by atoms with Crippen LogP contribution in [0.4, 0.5) is 0 Å². The molecule has 1 aromatic rings. The topological polar surface area (TPSA) is 82.9 Å². The Kier molecular flexibility index (Phi) is 8.72. The number of azide groups is 1. The molecule has 0 aliphatic carbocycles. The molecule has 0 saturated heterocycles. The molecule has 0 amide bonds. The second-order valence-electron chi connectivity index (χ2n) is 4.73. The van der Waals surface area contributed by atoms with Crippen LogP contribution in [0.3, 0.4) is 0 Å². The third-order valence-electron chi connectivity index (χ3n) is 2.95. The van der Waals surface area contributed by atoms with E-state index in [1.165, 1.54) is 5.41 Å². The lowest BCUT2D eigenvalue weighted by atomic mass is 10.2. The number of nitrogens with zero attached hydrogens (tertiary/aromatic N) is 3. The van der Waals surface area contributed by atoms with Crippen LogP contribution in [-0.2, 0) is 9.84 Å². The van der Waals surface area contributed by atoms with E-state index >= 15 is 0 Å². The average Bonchev–Trinajstić information content (AvgIpc) is 2.53. The monoisotopic (exact) mass is 319 g/mol. The van der Waals surface area contributed by atoms with Crippen molar-refractivity contribution in [1.29, 1.82) is 0 Å². The summed E-state index contributed by atoms with van der Waals surface area (Å²) in [5.41, 5.74) is 8.11. The van der Waals surface area contributed by atoms with Crippen molar-refractivity contribution in [2.24, 2.45) is 5.11 Å². The van der Waals surface area contributed by atoms with E-state index in [1.54, 1.807) is 36.4 Å². The summed E-state index contributed by atoms with van der Waals surface area (Å²) in [5.74, 6) is 0. The molecule has 1 rings (SSSR count). The first-order valence-corrected chi connectivity index (χ1v) is 8.84. The van der Waals surface area contributed by atoms with E-state index in [1.807, 2.05) is 0 Å². The molecule has 0 atom stereocenters. The predicted molar refractivity (Wildman–Crippen MR) is 89.0 cm³/mol. The molecule has 118 valence electrons. The van der Waals surface area contributed by atoms with E-state index in [-0.39, 0.29) is 0 Å². The minimum absolute atomic E-state index is 0.325. The lowest BCUT2D eigenvalue weighted by Gasteiger charge is -1.97. The highest BCUT2D eigenvalue weighted by molar-refractivity contribution is 7.94. The number of benzene rings is 1. The number of sulfone groups is 1. The average molecular weight is 319 g/mol. The number of hydrogen-bond acceptors (Lipinski definition) is 3. The van der Waals surface area contributed by atoms with Crippen molar-refractivity contribution in [2.45, 2.75) is 37.0 Å². The van der Waals surface area contributed by atoms with Gasteiger partial charge in [0.05, 0.1) is 4.90 Å². The molecule has 0 spiro atoms. The fourth-order valence-corrected chi connectivity index (χ4v) is 2.88. The zero-order valence-electron chi connectivity index (χ0n) is 12.5. The standard InChI is InChI=1S/C16H21N3O2S/c17-19-18-14-10-5-3-1-2-4-6-11-15-22(20,21)16-12-8-7-9-13-16/h1,3,7-9,11-13,15H,2,4-6,10,14H2/b3-1-,15-11+. The summed E-state index contributed by atoms with van der Waals surface area (Å²) >= 11 is 0. The Labute approximate surface area is 131 Å². The van der Waals surface area contributed by atoms with Gasteiger partial charge in [0.2, 0.25) is 0 Å². The van der Waals surface area contributed by atoms with Gasteiger partial charge in [0, 0.05) is 16.9 Å². The molecule has 0 fully saturated rings. The van der Waals surface area contributed by atoms with Crippen LogP contribution in [-0.4, -0.2) is 15.0 Å². The molecule has 0 heterocycles. The van der Waals surface area contributed by atoms with Crippen molar-refractivity contribution >= 4 is 9.84 Å². The van der Waals surface area contributed by atoms with E-state index in [0.717, 1.165) is 32.1 Å². The Bertz CT molecular complexity index is 631. The molecule has 0 unspecified atom stereocenters. The van der Waals surface area contributed by atoms with Crippen LogP contribution >= 0.6 is 0 Å². The molecule has 1 aromatic carbocycles. The van der Waals surface area contributed by atoms with E-state index in [4.69, 9.17) is 5.53 Å². The largest absolute Gasteiger partial charge is 0.219 e. The molecule has 0 aliphatic heterocycles. The maximum absolute atomic E-state index is 12.0. The molecular weight excluding hydrogens is 298 g/mol. The smallest absolute Gasteiger partial charge is 0.199 e. The van der Waals surface area contributed by atoms with Crippen molar-refractivity contribution in [3.05, 3.63) is 64.4 Å². The van der Waals surface area contributed by atoms with Gasteiger partial charge in [-0.2, -0.15) is 0 Å². The third-order valence-corrected chi connectivity index (χ3v) is 4.43. The fourth-order valence-electron chi connectivity index (χ4n) is 1.80. The first kappa shape index (κ1) is 18.0. The van der Waals surface area contributed by atoms with Gasteiger partial charge in [-0.25, -0.2) is 8.42 Å². The van der Waals surface area contributed by atoms with E-state index < -0.39 is 9.84 Å². The summed E-state index contributed by atoms with van der Waals surface area (Å²) in [5, 5.41) is 4.74. The van der Waals surface area contributed by atoms with Crippen molar-refractivity contribution in [3.8, 4) is 0 Å². The van der Waals surface area contributed by atoms with Gasteiger partial charge in [-0.3, -0.25) is 0 Å². The molecule has 5 nitrogen and oxygen atoms in total. The number of hydrogen-bond donors (Lipinski definition) is 0. The molecule has 6 heteroatoms. The number of rotatable bonds is 10. The second-order valence-corrected chi connectivity index (χ2v) is 6.56. The fraction of sp³-hybridized carbons (Fsp3) is 0.375. The Morgan fingerprint density at radius 3 is 2.32 bits per heavy atom. The highest BCUT2D eigenvalue weighted by Crippen LogP contribution is 2.12. The van der Waals surface area contributed by atoms with Gasteiger partial charge in [0.1, 0.15) is 0 Å². The molecule has 0 N–H and O–H groups in total. The summed E-state index contributed by atoms with van der Waals surface area (Å²) < 4.78 is 23.9. The highest BCUT2D eigenvalue weighted by Gasteiger charge is 2.07. The van der Waals surface area contributed by atoms with Crippen LogP contribution in [0.2, 0.25) is 0 Å². The molecule has 0 saturated carbocycles. The molecule has 22 heavy (non-hydrogen) atoms. The van der Waals surface area contributed by atoms with Crippen LogP contribution in [0.5, 0.6) is 0 Å². The molecular formula is C16H21N3O2S. The third kappa shape index (κ3) is 7.67. The summed E-state index contributed by atoms with van der Waals surface area (Å²) in [7, 11) is -3.31. The lowest BCUT2D eigenvalue weighted by Crippen LogP contribution is -1.95. The summed E-state index contributed by atoms with van der Waals surface area (Å²) in [6.07, 6.45) is 10.2. The van der Waals surface area contributed by atoms with Gasteiger partial charge in [-0.1, -0.05) is 41.5 Å². The number of allylic oxidation sites excluding steroid dienone is 3. The van der Waals surface area contributed by atoms with E-state index in [0.29, 0.717) is 11.4 Å². The zero-order valence-corrected chi connectivity index (χ0v) is 13.3. The Morgan fingerprint density at radius 1 is 1.00 bits per heavy atom. The number of unbranched alkanes of at least 4 members (excludes halogenated alkanes) is 3. The van der Waals surface area contributed by atoms with Crippen LogP contribution in [0.25, 0.3) is 10.4 Å². The van der Waals surface area contributed by atoms with Gasteiger partial charge < -0.3 is 0 Å². The molecule has 0 aliphatic rings. The molecule has 0 aromatic heterocycles. The van der Waals surface area contributed by atoms with Gasteiger partial charge >= 0.3 is 0 Å². The van der Waals surface area contributed by atoms with Crippen molar-refractivity contribution in [3.63, 3.8) is 0 Å². The molecule has 0 bridgehead atoms. The van der Waals surface area contributed by atoms with Crippen molar-refractivity contribution < 1.29 is 8.42 Å². The van der Waals surface area contributed by atoms with E-state index in [2.05, 4.69) is 22.2 Å². The Balaban J connectivity index is 2.21. The van der Waals surface area contributed by atoms with Crippen LogP contribution in [0.15, 0.2) is 64.0 Å². The van der Waals surface area contributed by atoms with Crippen LogP contribution in [0.1, 0.15) is 32.1 Å². The highest BCUT2D eigenvalue weighted by atomic mass is 32.2. The van der Waals surface area contributed by atoms with Gasteiger partial charge in [0.15, 0.2) is 9.84 Å². The maximum Gasteiger partial charge on any atom is 0.199 e. The van der Waals surface area contributed by atoms with Crippen molar-refractivity contribution in [1.82, 2.24) is 0 Å². The lowest BCUT2D eigenvalue weighted by molar-refractivity contribution is 0.604. The summed E-state index contributed by atoms with van der Waals surface area (Å²) in [6, 6.07) is 8.42. The van der Waals surface area contributed by atoms with Crippen LogP contribution in [0, 0.1) is 0 Å².